The van der Waals surface area contributed by atoms with Gasteiger partial charge < -0.3 is 9.47 Å². The fourth-order valence-corrected chi connectivity index (χ4v) is 4.55. The number of benzene rings is 1. The quantitative estimate of drug-likeness (QED) is 0.681. The first kappa shape index (κ1) is 17.5. The van der Waals surface area contributed by atoms with E-state index in [1.165, 1.54) is 5.56 Å². The first-order valence-corrected chi connectivity index (χ1v) is 9.91. The number of aromatic nitrogens is 2. The highest BCUT2D eigenvalue weighted by Crippen LogP contribution is 2.35. The van der Waals surface area contributed by atoms with E-state index in [9.17, 15) is 4.79 Å². The maximum atomic E-state index is 13.2. The lowest BCUT2D eigenvalue weighted by Crippen LogP contribution is -2.49. The number of likely N-dealkylation sites (tertiary alicyclic amines) is 1. The summed E-state index contributed by atoms with van der Waals surface area (Å²) in [5.74, 6) is 0.0882. The largest absolute Gasteiger partial charge is 0.337 e. The predicted octanol–water partition coefficient (Wildman–Crippen LogP) is 3.62. The van der Waals surface area contributed by atoms with Crippen molar-refractivity contribution < 1.29 is 4.79 Å². The van der Waals surface area contributed by atoms with Gasteiger partial charge in [0.05, 0.1) is 24.3 Å². The summed E-state index contributed by atoms with van der Waals surface area (Å²) < 4.78 is 2.16. The average Bonchev–Trinajstić information content (AvgIpc) is 3.35. The Morgan fingerprint density at radius 1 is 0.964 bits per heavy atom. The maximum absolute atomic E-state index is 13.2. The SMILES string of the molecule is O=C1c2cccn2[C@H]2CN(Cc3ccc(Cl)cc3)C[C@@H]2N1Cc1ccccn1. The van der Waals surface area contributed by atoms with E-state index >= 15 is 0 Å². The Balaban J connectivity index is 1.42. The van der Waals surface area contributed by atoms with E-state index in [0.717, 1.165) is 36.0 Å². The second-order valence-corrected chi connectivity index (χ2v) is 7.95. The van der Waals surface area contributed by atoms with Gasteiger partial charge in [0.15, 0.2) is 0 Å². The summed E-state index contributed by atoms with van der Waals surface area (Å²) in [6.45, 7) is 3.16. The molecule has 1 aromatic carbocycles. The van der Waals surface area contributed by atoms with Crippen LogP contribution >= 0.6 is 11.6 Å². The lowest BCUT2D eigenvalue weighted by atomic mass is 10.1. The Morgan fingerprint density at radius 2 is 1.79 bits per heavy atom. The third-order valence-corrected chi connectivity index (χ3v) is 5.98. The molecule has 142 valence electrons. The molecule has 3 aromatic rings. The van der Waals surface area contributed by atoms with Crippen LogP contribution in [0, 0.1) is 0 Å². The molecule has 0 bridgehead atoms. The van der Waals surface area contributed by atoms with Crippen molar-refractivity contribution in [2.45, 2.75) is 25.2 Å². The first-order valence-electron chi connectivity index (χ1n) is 9.53. The van der Waals surface area contributed by atoms with Crippen molar-refractivity contribution in [1.29, 1.82) is 0 Å². The third kappa shape index (κ3) is 3.11. The third-order valence-electron chi connectivity index (χ3n) is 5.73. The molecule has 1 saturated heterocycles. The monoisotopic (exact) mass is 392 g/mol. The summed E-state index contributed by atoms with van der Waals surface area (Å²) in [5.41, 5.74) is 2.93. The van der Waals surface area contributed by atoms with Gasteiger partial charge in [-0.1, -0.05) is 29.8 Å². The summed E-state index contributed by atoms with van der Waals surface area (Å²) in [7, 11) is 0. The van der Waals surface area contributed by atoms with E-state index in [1.54, 1.807) is 6.20 Å². The smallest absolute Gasteiger partial charge is 0.271 e. The molecule has 5 nitrogen and oxygen atoms in total. The van der Waals surface area contributed by atoms with Gasteiger partial charge in [0.1, 0.15) is 5.69 Å². The van der Waals surface area contributed by atoms with E-state index in [4.69, 9.17) is 11.6 Å². The molecular formula is C22H21ClN4O. The van der Waals surface area contributed by atoms with Gasteiger partial charge in [-0.25, -0.2) is 0 Å². The zero-order valence-corrected chi connectivity index (χ0v) is 16.2. The number of amides is 1. The van der Waals surface area contributed by atoms with Gasteiger partial charge in [-0.2, -0.15) is 0 Å². The molecule has 1 fully saturated rings. The molecule has 0 radical (unpaired) electrons. The Kier molecular flexibility index (Phi) is 4.41. The summed E-state index contributed by atoms with van der Waals surface area (Å²) >= 11 is 6.02. The van der Waals surface area contributed by atoms with Crippen molar-refractivity contribution in [3.8, 4) is 0 Å². The fraction of sp³-hybridized carbons (Fsp3) is 0.273. The van der Waals surface area contributed by atoms with Crippen molar-refractivity contribution in [2.75, 3.05) is 13.1 Å². The van der Waals surface area contributed by atoms with Crippen molar-refractivity contribution in [2.24, 2.45) is 0 Å². The number of carbonyl (C=O) groups is 1. The second kappa shape index (κ2) is 7.08. The van der Waals surface area contributed by atoms with Crippen LogP contribution in [0.1, 0.15) is 27.8 Å². The van der Waals surface area contributed by atoms with Gasteiger partial charge in [-0.05, 0) is 42.0 Å². The van der Waals surface area contributed by atoms with E-state index in [0.29, 0.717) is 6.54 Å². The number of fused-ring (bicyclic) bond motifs is 3. The molecule has 2 aliphatic rings. The molecule has 6 heteroatoms. The Labute approximate surface area is 169 Å². The lowest BCUT2D eigenvalue weighted by Gasteiger charge is -2.38. The number of pyridine rings is 1. The predicted molar refractivity (Wildman–Crippen MR) is 108 cm³/mol. The van der Waals surface area contributed by atoms with Crippen LogP contribution in [-0.4, -0.2) is 44.4 Å². The van der Waals surface area contributed by atoms with Gasteiger partial charge in [0.25, 0.3) is 5.91 Å². The molecule has 28 heavy (non-hydrogen) atoms. The normalized spacial score (nSPS) is 21.6. The van der Waals surface area contributed by atoms with Gasteiger partial charge in [0.2, 0.25) is 0 Å². The summed E-state index contributed by atoms with van der Waals surface area (Å²) in [6.07, 6.45) is 3.82. The van der Waals surface area contributed by atoms with Crippen LogP contribution in [0.2, 0.25) is 5.02 Å². The molecule has 0 saturated carbocycles. The highest BCUT2D eigenvalue weighted by molar-refractivity contribution is 6.30. The molecule has 4 heterocycles. The van der Waals surface area contributed by atoms with Crippen LogP contribution in [-0.2, 0) is 13.1 Å². The highest BCUT2D eigenvalue weighted by atomic mass is 35.5. The summed E-state index contributed by atoms with van der Waals surface area (Å²) in [5, 5.41) is 0.753. The van der Waals surface area contributed by atoms with Crippen molar-refractivity contribution in [3.63, 3.8) is 0 Å². The van der Waals surface area contributed by atoms with E-state index < -0.39 is 0 Å². The molecular weight excluding hydrogens is 372 g/mol. The van der Waals surface area contributed by atoms with Crippen LogP contribution in [0.5, 0.6) is 0 Å². The van der Waals surface area contributed by atoms with Gasteiger partial charge in [-0.15, -0.1) is 0 Å². The second-order valence-electron chi connectivity index (χ2n) is 7.51. The van der Waals surface area contributed by atoms with Crippen molar-refractivity contribution in [1.82, 2.24) is 19.4 Å². The fourth-order valence-electron chi connectivity index (χ4n) is 4.42. The van der Waals surface area contributed by atoms with Crippen LogP contribution in [0.3, 0.4) is 0 Å². The van der Waals surface area contributed by atoms with Gasteiger partial charge in [0, 0.05) is 37.1 Å². The van der Waals surface area contributed by atoms with Crippen molar-refractivity contribution in [3.05, 3.63) is 89.0 Å². The Morgan fingerprint density at radius 3 is 2.57 bits per heavy atom. The number of rotatable bonds is 4. The minimum atomic E-state index is 0.0882. The molecule has 0 aliphatic carbocycles. The van der Waals surface area contributed by atoms with E-state index in [1.807, 2.05) is 53.6 Å². The van der Waals surface area contributed by atoms with E-state index in [2.05, 4.69) is 26.6 Å². The van der Waals surface area contributed by atoms with Gasteiger partial charge in [-0.3, -0.25) is 14.7 Å². The number of hydrogen-bond donors (Lipinski definition) is 0. The topological polar surface area (TPSA) is 41.4 Å². The van der Waals surface area contributed by atoms with Crippen LogP contribution in [0.4, 0.5) is 0 Å². The molecule has 0 N–H and O–H groups in total. The van der Waals surface area contributed by atoms with Crippen LogP contribution in [0.15, 0.2) is 67.0 Å². The lowest BCUT2D eigenvalue weighted by molar-refractivity contribution is 0.0553. The number of halogens is 1. The molecule has 1 amide bonds. The number of carbonyl (C=O) groups excluding carboxylic acids is 1. The maximum Gasteiger partial charge on any atom is 0.271 e. The minimum absolute atomic E-state index is 0.0882. The molecule has 2 atom stereocenters. The minimum Gasteiger partial charge on any atom is -0.337 e. The Bertz CT molecular complexity index is 985. The summed E-state index contributed by atoms with van der Waals surface area (Å²) in [6, 6.07) is 18.2. The first-order chi connectivity index (χ1) is 13.7. The molecule has 5 rings (SSSR count). The van der Waals surface area contributed by atoms with Gasteiger partial charge >= 0.3 is 0 Å². The summed E-state index contributed by atoms with van der Waals surface area (Å²) in [4.78, 5) is 22.0. The standard InChI is InChI=1S/C22H21ClN4O/c23-17-8-6-16(7-9-17)12-25-14-20-21(15-25)27(13-18-4-1-2-10-24-18)22(28)19-5-3-11-26(19)20/h1-11,20-21H,12-15H2/t20-,21-/m0/s1. The zero-order valence-electron chi connectivity index (χ0n) is 15.4. The zero-order chi connectivity index (χ0) is 19.1. The number of hydrogen-bond acceptors (Lipinski definition) is 3. The highest BCUT2D eigenvalue weighted by Gasteiger charge is 2.44. The molecule has 0 unspecified atom stereocenters. The molecule has 0 spiro atoms. The van der Waals surface area contributed by atoms with E-state index in [-0.39, 0.29) is 18.0 Å². The van der Waals surface area contributed by atoms with Crippen LogP contribution in [0.25, 0.3) is 0 Å². The van der Waals surface area contributed by atoms with Crippen molar-refractivity contribution >= 4 is 17.5 Å². The van der Waals surface area contributed by atoms with Crippen LogP contribution < -0.4 is 0 Å². The average molecular weight is 393 g/mol. The molecule has 2 aromatic heterocycles. The molecule has 2 aliphatic heterocycles. The Hall–Kier alpha value is -2.63. The number of nitrogens with zero attached hydrogens (tertiary/aromatic N) is 4.